The molecule has 104 valence electrons. The molecule has 0 aliphatic carbocycles. The smallest absolute Gasteiger partial charge is 0.237 e. The van der Waals surface area contributed by atoms with Crippen molar-refractivity contribution in [2.24, 2.45) is 5.73 Å². The van der Waals surface area contributed by atoms with E-state index in [1.165, 1.54) is 0 Å². The lowest BCUT2D eigenvalue weighted by molar-refractivity contribution is -0.124. The van der Waals surface area contributed by atoms with Crippen molar-refractivity contribution in [1.29, 1.82) is 0 Å². The van der Waals surface area contributed by atoms with Gasteiger partial charge in [0.1, 0.15) is 6.29 Å². The second-order valence-electron chi connectivity index (χ2n) is 4.80. The highest BCUT2D eigenvalue weighted by Gasteiger charge is 2.14. The zero-order valence-corrected chi connectivity index (χ0v) is 11.1. The summed E-state index contributed by atoms with van der Waals surface area (Å²) in [7, 11) is 2.13. The summed E-state index contributed by atoms with van der Waals surface area (Å²) in [5, 5.41) is 2.76. The molecule has 0 aromatic rings. The number of piperazine rings is 1. The standard InChI is InChI=1S/C12H24N4O2/c1-15-6-8-16(9-7-15)5-2-4-14-12(18)11(13)3-10-17/h10-11H,2-9,13H2,1H3,(H,14,18). The lowest BCUT2D eigenvalue weighted by atomic mass is 10.2. The maximum Gasteiger partial charge on any atom is 0.237 e. The molecule has 1 aliphatic rings. The van der Waals surface area contributed by atoms with Crippen LogP contribution in [-0.2, 0) is 9.59 Å². The molecule has 1 rings (SSSR count). The molecule has 6 heteroatoms. The van der Waals surface area contributed by atoms with Crippen LogP contribution in [-0.4, -0.2) is 74.4 Å². The maximum atomic E-state index is 11.4. The molecular formula is C12H24N4O2. The number of aldehydes is 1. The highest BCUT2D eigenvalue weighted by Crippen LogP contribution is 1.99. The number of carbonyl (C=O) groups excluding carboxylic acids is 2. The van der Waals surface area contributed by atoms with Gasteiger partial charge in [-0.3, -0.25) is 4.79 Å². The number of nitrogens with two attached hydrogens (primary N) is 1. The summed E-state index contributed by atoms with van der Waals surface area (Å²) in [6.45, 7) is 6.02. The van der Waals surface area contributed by atoms with Gasteiger partial charge in [0, 0.05) is 39.1 Å². The molecule has 0 aromatic carbocycles. The number of amides is 1. The first kappa shape index (κ1) is 15.1. The molecule has 0 saturated carbocycles. The van der Waals surface area contributed by atoms with Crippen LogP contribution in [0.3, 0.4) is 0 Å². The first-order valence-electron chi connectivity index (χ1n) is 6.51. The molecule has 1 atom stereocenters. The van der Waals surface area contributed by atoms with E-state index in [-0.39, 0.29) is 12.3 Å². The Labute approximate surface area is 108 Å². The number of hydrogen-bond donors (Lipinski definition) is 2. The molecule has 0 spiro atoms. The quantitative estimate of drug-likeness (QED) is 0.435. The minimum atomic E-state index is -0.703. The molecule has 1 saturated heterocycles. The van der Waals surface area contributed by atoms with Crippen LogP contribution in [0.2, 0.25) is 0 Å². The lowest BCUT2D eigenvalue weighted by Crippen LogP contribution is -2.45. The van der Waals surface area contributed by atoms with Crippen LogP contribution in [0, 0.1) is 0 Å². The van der Waals surface area contributed by atoms with Gasteiger partial charge in [0.05, 0.1) is 6.04 Å². The topological polar surface area (TPSA) is 78.7 Å². The van der Waals surface area contributed by atoms with Crippen molar-refractivity contribution in [3.63, 3.8) is 0 Å². The van der Waals surface area contributed by atoms with E-state index in [0.717, 1.165) is 39.1 Å². The summed E-state index contributed by atoms with van der Waals surface area (Å²) >= 11 is 0. The third-order valence-electron chi connectivity index (χ3n) is 3.23. The normalized spacial score (nSPS) is 19.4. The zero-order valence-electron chi connectivity index (χ0n) is 11.1. The molecule has 6 nitrogen and oxygen atoms in total. The number of likely N-dealkylation sites (N-methyl/N-ethyl adjacent to an activating group) is 1. The fraction of sp³-hybridized carbons (Fsp3) is 0.833. The molecule has 1 fully saturated rings. The predicted molar refractivity (Wildman–Crippen MR) is 70.2 cm³/mol. The van der Waals surface area contributed by atoms with Gasteiger partial charge in [-0.2, -0.15) is 0 Å². The summed E-state index contributed by atoms with van der Waals surface area (Å²) in [6.07, 6.45) is 1.68. The van der Waals surface area contributed by atoms with Gasteiger partial charge in [0.2, 0.25) is 5.91 Å². The SMILES string of the molecule is CN1CCN(CCCNC(=O)C(N)CC=O)CC1. The molecule has 1 aliphatic heterocycles. The third-order valence-corrected chi connectivity index (χ3v) is 3.23. The summed E-state index contributed by atoms with van der Waals surface area (Å²) in [5.74, 6) is -0.236. The van der Waals surface area contributed by atoms with Crippen LogP contribution in [0.4, 0.5) is 0 Å². The number of carbonyl (C=O) groups is 2. The van der Waals surface area contributed by atoms with Gasteiger partial charge >= 0.3 is 0 Å². The minimum Gasteiger partial charge on any atom is -0.355 e. The van der Waals surface area contributed by atoms with Crippen molar-refractivity contribution in [2.45, 2.75) is 18.9 Å². The molecule has 0 bridgehead atoms. The van der Waals surface area contributed by atoms with Crippen molar-refractivity contribution in [1.82, 2.24) is 15.1 Å². The molecule has 1 amide bonds. The van der Waals surface area contributed by atoms with Crippen molar-refractivity contribution >= 4 is 12.2 Å². The zero-order chi connectivity index (χ0) is 13.4. The minimum absolute atomic E-state index is 0.0876. The Morgan fingerprint density at radius 1 is 1.39 bits per heavy atom. The van der Waals surface area contributed by atoms with Crippen molar-refractivity contribution < 1.29 is 9.59 Å². The van der Waals surface area contributed by atoms with E-state index < -0.39 is 6.04 Å². The highest BCUT2D eigenvalue weighted by atomic mass is 16.2. The van der Waals surface area contributed by atoms with E-state index in [0.29, 0.717) is 12.8 Å². The van der Waals surface area contributed by atoms with Gasteiger partial charge in [-0.1, -0.05) is 0 Å². The van der Waals surface area contributed by atoms with Crippen LogP contribution < -0.4 is 11.1 Å². The summed E-state index contributed by atoms with van der Waals surface area (Å²) in [6, 6.07) is -0.703. The molecule has 0 aromatic heterocycles. The molecule has 3 N–H and O–H groups in total. The van der Waals surface area contributed by atoms with Crippen molar-refractivity contribution in [3.8, 4) is 0 Å². The van der Waals surface area contributed by atoms with Gasteiger partial charge in [0.15, 0.2) is 0 Å². The van der Waals surface area contributed by atoms with Gasteiger partial charge in [0.25, 0.3) is 0 Å². The first-order chi connectivity index (χ1) is 8.63. The Kier molecular flexibility index (Phi) is 6.85. The lowest BCUT2D eigenvalue weighted by Gasteiger charge is -2.32. The molecular weight excluding hydrogens is 232 g/mol. The van der Waals surface area contributed by atoms with Crippen molar-refractivity contribution in [3.05, 3.63) is 0 Å². The van der Waals surface area contributed by atoms with E-state index in [1.54, 1.807) is 0 Å². The van der Waals surface area contributed by atoms with E-state index in [1.807, 2.05) is 0 Å². The first-order valence-corrected chi connectivity index (χ1v) is 6.51. The summed E-state index contributed by atoms with van der Waals surface area (Å²) < 4.78 is 0. The monoisotopic (exact) mass is 256 g/mol. The Morgan fingerprint density at radius 2 is 2.06 bits per heavy atom. The fourth-order valence-electron chi connectivity index (χ4n) is 1.93. The number of nitrogens with one attached hydrogen (secondary N) is 1. The Hall–Kier alpha value is -0.980. The number of rotatable bonds is 7. The highest BCUT2D eigenvalue weighted by molar-refractivity contribution is 5.83. The van der Waals surface area contributed by atoms with Crippen molar-refractivity contribution in [2.75, 3.05) is 46.3 Å². The van der Waals surface area contributed by atoms with Gasteiger partial charge in [-0.15, -0.1) is 0 Å². The van der Waals surface area contributed by atoms with E-state index in [9.17, 15) is 9.59 Å². The van der Waals surface area contributed by atoms with Crippen LogP contribution in [0.15, 0.2) is 0 Å². The van der Waals surface area contributed by atoms with Gasteiger partial charge in [-0.05, 0) is 20.0 Å². The molecule has 18 heavy (non-hydrogen) atoms. The van der Waals surface area contributed by atoms with E-state index in [4.69, 9.17) is 5.73 Å². The average Bonchev–Trinajstić information content (AvgIpc) is 2.36. The second kappa shape index (κ2) is 8.18. The number of nitrogens with zero attached hydrogens (tertiary/aromatic N) is 2. The predicted octanol–water partition coefficient (Wildman–Crippen LogP) is -1.34. The Balaban J connectivity index is 2.04. The molecule has 1 heterocycles. The van der Waals surface area contributed by atoms with Crippen LogP contribution in [0.25, 0.3) is 0 Å². The van der Waals surface area contributed by atoms with E-state index >= 15 is 0 Å². The second-order valence-corrected chi connectivity index (χ2v) is 4.80. The fourth-order valence-corrected chi connectivity index (χ4v) is 1.93. The van der Waals surface area contributed by atoms with Gasteiger partial charge < -0.3 is 25.6 Å². The Bertz CT molecular complexity index is 265. The molecule has 1 unspecified atom stereocenters. The van der Waals surface area contributed by atoms with Gasteiger partial charge in [-0.25, -0.2) is 0 Å². The number of hydrogen-bond acceptors (Lipinski definition) is 5. The van der Waals surface area contributed by atoms with Crippen LogP contribution >= 0.6 is 0 Å². The Morgan fingerprint density at radius 3 is 2.67 bits per heavy atom. The average molecular weight is 256 g/mol. The van der Waals surface area contributed by atoms with Crippen LogP contribution in [0.5, 0.6) is 0 Å². The summed E-state index contributed by atoms with van der Waals surface area (Å²) in [5.41, 5.74) is 5.51. The maximum absolute atomic E-state index is 11.4. The van der Waals surface area contributed by atoms with Crippen LogP contribution in [0.1, 0.15) is 12.8 Å². The molecule has 0 radical (unpaired) electrons. The third kappa shape index (κ3) is 5.57. The summed E-state index contributed by atoms with van der Waals surface area (Å²) in [4.78, 5) is 26.3. The van der Waals surface area contributed by atoms with E-state index in [2.05, 4.69) is 22.2 Å². The largest absolute Gasteiger partial charge is 0.355 e.